The number of carbonyl (C=O) groups excluding carboxylic acids is 1. The summed E-state index contributed by atoms with van der Waals surface area (Å²) in [5.41, 5.74) is 1.48. The second kappa shape index (κ2) is 5.94. The average Bonchev–Trinajstić information content (AvgIpc) is 2.48. The summed E-state index contributed by atoms with van der Waals surface area (Å²) in [6.45, 7) is 2.78. The molecular formula is C16H22N2O2. The normalized spacial score (nSPS) is 24.7. The third-order valence-electron chi connectivity index (χ3n) is 4.52. The van der Waals surface area contributed by atoms with Crippen molar-refractivity contribution in [3.63, 3.8) is 0 Å². The molecule has 1 saturated heterocycles. The third-order valence-corrected chi connectivity index (χ3v) is 4.52. The SMILES string of the molecule is O=C(NCC1(c2ccccc2)CCC1)C1CNCCO1. The van der Waals surface area contributed by atoms with Gasteiger partial charge in [0.05, 0.1) is 6.61 Å². The molecule has 1 amide bonds. The number of benzene rings is 1. The lowest BCUT2D eigenvalue weighted by Crippen LogP contribution is -2.52. The van der Waals surface area contributed by atoms with Crippen LogP contribution in [0.25, 0.3) is 0 Å². The van der Waals surface area contributed by atoms with Crippen LogP contribution in [0.5, 0.6) is 0 Å². The van der Waals surface area contributed by atoms with E-state index < -0.39 is 0 Å². The first-order valence-corrected chi connectivity index (χ1v) is 7.46. The maximum Gasteiger partial charge on any atom is 0.250 e. The van der Waals surface area contributed by atoms with Gasteiger partial charge in [-0.2, -0.15) is 0 Å². The van der Waals surface area contributed by atoms with Gasteiger partial charge in [-0.25, -0.2) is 0 Å². The van der Waals surface area contributed by atoms with E-state index in [0.29, 0.717) is 13.2 Å². The van der Waals surface area contributed by atoms with Crippen LogP contribution in [0.3, 0.4) is 0 Å². The quantitative estimate of drug-likeness (QED) is 0.868. The van der Waals surface area contributed by atoms with Crippen molar-refractivity contribution >= 4 is 5.91 Å². The summed E-state index contributed by atoms with van der Waals surface area (Å²) in [4.78, 5) is 12.1. The van der Waals surface area contributed by atoms with Crippen LogP contribution in [0.4, 0.5) is 0 Å². The third kappa shape index (κ3) is 2.72. The lowest BCUT2D eigenvalue weighted by atomic mass is 9.64. The van der Waals surface area contributed by atoms with Crippen LogP contribution in [0.2, 0.25) is 0 Å². The van der Waals surface area contributed by atoms with Crippen molar-refractivity contribution in [3.8, 4) is 0 Å². The van der Waals surface area contributed by atoms with Crippen LogP contribution in [-0.2, 0) is 14.9 Å². The van der Waals surface area contributed by atoms with Crippen LogP contribution in [0, 0.1) is 0 Å². The molecule has 4 heteroatoms. The van der Waals surface area contributed by atoms with E-state index in [4.69, 9.17) is 4.74 Å². The second-order valence-corrected chi connectivity index (χ2v) is 5.78. The molecule has 1 heterocycles. The van der Waals surface area contributed by atoms with Crippen molar-refractivity contribution in [2.75, 3.05) is 26.2 Å². The Bertz CT molecular complexity index is 451. The van der Waals surface area contributed by atoms with Crippen LogP contribution in [-0.4, -0.2) is 38.3 Å². The molecule has 2 aliphatic rings. The Morgan fingerprint density at radius 3 is 2.75 bits per heavy atom. The number of ether oxygens (including phenoxy) is 1. The van der Waals surface area contributed by atoms with E-state index in [-0.39, 0.29) is 17.4 Å². The Labute approximate surface area is 119 Å². The molecule has 108 valence electrons. The van der Waals surface area contributed by atoms with Gasteiger partial charge in [-0.15, -0.1) is 0 Å². The van der Waals surface area contributed by atoms with Gasteiger partial charge in [0.25, 0.3) is 0 Å². The largest absolute Gasteiger partial charge is 0.366 e. The van der Waals surface area contributed by atoms with Crippen molar-refractivity contribution in [2.24, 2.45) is 0 Å². The van der Waals surface area contributed by atoms with Crippen LogP contribution < -0.4 is 10.6 Å². The van der Waals surface area contributed by atoms with Gasteiger partial charge in [-0.1, -0.05) is 36.8 Å². The highest BCUT2D eigenvalue weighted by atomic mass is 16.5. The maximum absolute atomic E-state index is 12.1. The summed E-state index contributed by atoms with van der Waals surface area (Å²) >= 11 is 0. The van der Waals surface area contributed by atoms with Gasteiger partial charge in [0.15, 0.2) is 0 Å². The molecule has 1 atom stereocenters. The lowest BCUT2D eigenvalue weighted by Gasteiger charge is -2.43. The molecule has 1 aliphatic carbocycles. The molecule has 1 aromatic rings. The molecule has 2 fully saturated rings. The van der Waals surface area contributed by atoms with Crippen molar-refractivity contribution in [1.82, 2.24) is 10.6 Å². The Morgan fingerprint density at radius 1 is 1.35 bits per heavy atom. The maximum atomic E-state index is 12.1. The van der Waals surface area contributed by atoms with E-state index in [1.54, 1.807) is 0 Å². The molecule has 0 radical (unpaired) electrons. The summed E-state index contributed by atoms with van der Waals surface area (Å²) in [6, 6.07) is 10.5. The van der Waals surface area contributed by atoms with Crippen LogP contribution >= 0.6 is 0 Å². The smallest absolute Gasteiger partial charge is 0.250 e. The van der Waals surface area contributed by atoms with E-state index in [0.717, 1.165) is 25.9 Å². The highest BCUT2D eigenvalue weighted by molar-refractivity contribution is 5.81. The van der Waals surface area contributed by atoms with Crippen molar-refractivity contribution in [1.29, 1.82) is 0 Å². The molecule has 3 rings (SSSR count). The molecule has 1 aliphatic heterocycles. The molecule has 1 saturated carbocycles. The summed E-state index contributed by atoms with van der Waals surface area (Å²) in [5, 5.41) is 6.28. The number of hydrogen-bond acceptors (Lipinski definition) is 3. The molecule has 1 unspecified atom stereocenters. The number of carbonyl (C=O) groups is 1. The number of morpholine rings is 1. The topological polar surface area (TPSA) is 50.4 Å². The van der Waals surface area contributed by atoms with Crippen molar-refractivity contribution in [3.05, 3.63) is 35.9 Å². The summed E-state index contributed by atoms with van der Waals surface area (Å²) < 4.78 is 5.49. The van der Waals surface area contributed by atoms with Gasteiger partial charge >= 0.3 is 0 Å². The molecule has 2 N–H and O–H groups in total. The average molecular weight is 274 g/mol. The highest BCUT2D eigenvalue weighted by Crippen LogP contribution is 2.43. The highest BCUT2D eigenvalue weighted by Gasteiger charge is 2.39. The molecule has 4 nitrogen and oxygen atoms in total. The zero-order valence-corrected chi connectivity index (χ0v) is 11.7. The predicted octanol–water partition coefficient (Wildman–Crippen LogP) is 1.21. The van der Waals surface area contributed by atoms with Gasteiger partial charge < -0.3 is 15.4 Å². The summed E-state index contributed by atoms with van der Waals surface area (Å²) in [5.74, 6) is 0.0133. The second-order valence-electron chi connectivity index (χ2n) is 5.78. The molecule has 20 heavy (non-hydrogen) atoms. The zero-order valence-electron chi connectivity index (χ0n) is 11.7. The monoisotopic (exact) mass is 274 g/mol. The Hall–Kier alpha value is -1.39. The number of nitrogens with one attached hydrogen (secondary N) is 2. The van der Waals surface area contributed by atoms with Crippen LogP contribution in [0.15, 0.2) is 30.3 Å². The van der Waals surface area contributed by atoms with Gasteiger partial charge in [0.1, 0.15) is 6.10 Å². The molecular weight excluding hydrogens is 252 g/mol. The van der Waals surface area contributed by atoms with Crippen LogP contribution in [0.1, 0.15) is 24.8 Å². The van der Waals surface area contributed by atoms with Gasteiger partial charge in [-0.05, 0) is 18.4 Å². The Kier molecular flexibility index (Phi) is 4.03. The van der Waals surface area contributed by atoms with E-state index >= 15 is 0 Å². The van der Waals surface area contributed by atoms with Crippen molar-refractivity contribution in [2.45, 2.75) is 30.8 Å². The van der Waals surface area contributed by atoms with Gasteiger partial charge in [-0.3, -0.25) is 4.79 Å². The summed E-state index contributed by atoms with van der Waals surface area (Å²) in [7, 11) is 0. The predicted molar refractivity (Wildman–Crippen MR) is 77.6 cm³/mol. The molecule has 0 aromatic heterocycles. The first-order chi connectivity index (χ1) is 9.80. The standard InChI is InChI=1S/C16H22N2O2/c19-15(14-11-17-9-10-20-14)18-12-16(7-4-8-16)13-5-2-1-3-6-13/h1-3,5-6,14,17H,4,7-12H2,(H,18,19). The number of rotatable bonds is 4. The van der Waals surface area contributed by atoms with Crippen molar-refractivity contribution < 1.29 is 9.53 Å². The minimum absolute atomic E-state index is 0.0133. The van der Waals surface area contributed by atoms with Gasteiger partial charge in [0.2, 0.25) is 5.91 Å². The lowest BCUT2D eigenvalue weighted by molar-refractivity contribution is -0.134. The zero-order chi connectivity index (χ0) is 13.8. The first-order valence-electron chi connectivity index (χ1n) is 7.46. The Morgan fingerprint density at radius 2 is 2.15 bits per heavy atom. The minimum Gasteiger partial charge on any atom is -0.366 e. The number of amides is 1. The summed E-state index contributed by atoms with van der Waals surface area (Å²) in [6.07, 6.45) is 3.21. The van der Waals surface area contributed by atoms with E-state index in [9.17, 15) is 4.79 Å². The van der Waals surface area contributed by atoms with E-state index in [1.807, 2.05) is 6.07 Å². The fraction of sp³-hybridized carbons (Fsp3) is 0.562. The Balaban J connectivity index is 1.60. The molecule has 0 bridgehead atoms. The first kappa shape index (κ1) is 13.6. The molecule has 1 aromatic carbocycles. The number of hydrogen-bond donors (Lipinski definition) is 2. The molecule has 0 spiro atoms. The van der Waals surface area contributed by atoms with Gasteiger partial charge in [0, 0.05) is 25.0 Å². The fourth-order valence-corrected chi connectivity index (χ4v) is 3.07. The van der Waals surface area contributed by atoms with E-state index in [2.05, 4.69) is 34.9 Å². The fourth-order valence-electron chi connectivity index (χ4n) is 3.07. The minimum atomic E-state index is -0.336. The van der Waals surface area contributed by atoms with E-state index in [1.165, 1.54) is 12.0 Å².